The van der Waals surface area contributed by atoms with E-state index in [-0.39, 0.29) is 23.2 Å². The van der Waals surface area contributed by atoms with Crippen LogP contribution in [0.4, 0.5) is 4.39 Å². The Bertz CT molecular complexity index is 976. The Hall–Kier alpha value is -2.58. The lowest BCUT2D eigenvalue weighted by Gasteiger charge is -2.33. The van der Waals surface area contributed by atoms with Gasteiger partial charge in [0.1, 0.15) is 11.6 Å². The van der Waals surface area contributed by atoms with E-state index in [2.05, 4.69) is 9.88 Å². The number of H-pyrrole nitrogens is 1. The van der Waals surface area contributed by atoms with Crippen molar-refractivity contribution in [2.24, 2.45) is 0 Å². The second-order valence-electron chi connectivity index (χ2n) is 8.39. The minimum Gasteiger partial charge on any atom is -0.384 e. The zero-order valence-corrected chi connectivity index (χ0v) is 17.9. The standard InChI is InChI=1S/C23H29FN4O3/c1-31-12-9-21(29)28-11-8-20-19(15-28)23(30)26-22(25-20)17-3-2-10-27(14-17)13-16-4-6-18(24)7-5-16/h4-7,17H,2-3,8-15H2,1H3,(H,25,26,30)/t17-/m1/s1. The maximum absolute atomic E-state index is 13.2. The lowest BCUT2D eigenvalue weighted by Crippen LogP contribution is -2.41. The molecule has 31 heavy (non-hydrogen) atoms. The molecule has 1 aromatic carbocycles. The molecule has 1 fully saturated rings. The quantitative estimate of drug-likeness (QED) is 0.763. The average molecular weight is 429 g/mol. The highest BCUT2D eigenvalue weighted by Crippen LogP contribution is 2.26. The molecule has 1 saturated heterocycles. The van der Waals surface area contributed by atoms with Gasteiger partial charge in [0, 0.05) is 39.1 Å². The summed E-state index contributed by atoms with van der Waals surface area (Å²) in [5, 5.41) is 0. The first-order valence-corrected chi connectivity index (χ1v) is 10.9. The largest absolute Gasteiger partial charge is 0.384 e. The normalized spacial score (nSPS) is 19.3. The summed E-state index contributed by atoms with van der Waals surface area (Å²) in [5.41, 5.74) is 2.34. The van der Waals surface area contributed by atoms with Gasteiger partial charge < -0.3 is 14.6 Å². The third-order valence-corrected chi connectivity index (χ3v) is 6.17. The molecule has 0 spiro atoms. The summed E-state index contributed by atoms with van der Waals surface area (Å²) in [4.78, 5) is 36.9. The van der Waals surface area contributed by atoms with Gasteiger partial charge >= 0.3 is 0 Å². The lowest BCUT2D eigenvalue weighted by molar-refractivity contribution is -0.133. The van der Waals surface area contributed by atoms with Gasteiger partial charge in [0.15, 0.2) is 0 Å². The Morgan fingerprint density at radius 1 is 1.29 bits per heavy atom. The molecule has 2 aromatic rings. The number of carbonyl (C=O) groups excluding carboxylic acids is 1. The van der Waals surface area contributed by atoms with Gasteiger partial charge in [0.05, 0.1) is 30.8 Å². The third-order valence-electron chi connectivity index (χ3n) is 6.17. The van der Waals surface area contributed by atoms with E-state index in [4.69, 9.17) is 9.72 Å². The lowest BCUT2D eigenvalue weighted by atomic mass is 9.96. The van der Waals surface area contributed by atoms with E-state index in [1.807, 2.05) is 12.1 Å². The monoisotopic (exact) mass is 428 g/mol. The molecule has 0 radical (unpaired) electrons. The van der Waals surface area contributed by atoms with Gasteiger partial charge in [0.25, 0.3) is 5.56 Å². The van der Waals surface area contributed by atoms with Crippen LogP contribution in [0.1, 0.15) is 47.8 Å². The molecular weight excluding hydrogens is 399 g/mol. The molecule has 1 aromatic heterocycles. The number of hydrogen-bond acceptors (Lipinski definition) is 5. The summed E-state index contributed by atoms with van der Waals surface area (Å²) >= 11 is 0. The predicted molar refractivity (Wildman–Crippen MR) is 114 cm³/mol. The van der Waals surface area contributed by atoms with Gasteiger partial charge in [0.2, 0.25) is 5.91 Å². The first kappa shape index (κ1) is 21.6. The molecule has 0 saturated carbocycles. The molecular formula is C23H29FN4O3. The van der Waals surface area contributed by atoms with Gasteiger partial charge in [-0.25, -0.2) is 9.37 Å². The van der Waals surface area contributed by atoms with Crippen LogP contribution in [0.5, 0.6) is 0 Å². The first-order valence-electron chi connectivity index (χ1n) is 10.9. The van der Waals surface area contributed by atoms with E-state index in [9.17, 15) is 14.0 Å². The van der Waals surface area contributed by atoms with Crippen LogP contribution >= 0.6 is 0 Å². The zero-order valence-electron chi connectivity index (χ0n) is 17.9. The van der Waals surface area contributed by atoms with E-state index in [0.29, 0.717) is 38.1 Å². The topological polar surface area (TPSA) is 78.5 Å². The number of aromatic amines is 1. The summed E-state index contributed by atoms with van der Waals surface area (Å²) in [6.45, 7) is 3.80. The highest BCUT2D eigenvalue weighted by Gasteiger charge is 2.28. The average Bonchev–Trinajstić information content (AvgIpc) is 2.79. The number of carbonyl (C=O) groups is 1. The van der Waals surface area contributed by atoms with Crippen molar-refractivity contribution in [2.45, 2.75) is 44.7 Å². The Balaban J connectivity index is 1.44. The third kappa shape index (κ3) is 5.19. The van der Waals surface area contributed by atoms with Crippen molar-refractivity contribution in [3.05, 3.63) is 63.1 Å². The molecule has 166 valence electrons. The zero-order chi connectivity index (χ0) is 21.8. The van der Waals surface area contributed by atoms with Crippen LogP contribution in [0.2, 0.25) is 0 Å². The Kier molecular flexibility index (Phi) is 6.77. The van der Waals surface area contributed by atoms with Gasteiger partial charge in [-0.05, 0) is 37.1 Å². The van der Waals surface area contributed by atoms with Crippen LogP contribution in [-0.2, 0) is 29.0 Å². The number of nitrogens with one attached hydrogen (secondary N) is 1. The Labute approximate surface area is 181 Å². The summed E-state index contributed by atoms with van der Waals surface area (Å²) < 4.78 is 18.1. The highest BCUT2D eigenvalue weighted by atomic mass is 19.1. The minimum atomic E-state index is -0.227. The number of ether oxygens (including phenoxy) is 1. The van der Waals surface area contributed by atoms with Crippen LogP contribution < -0.4 is 5.56 Å². The number of benzene rings is 1. The minimum absolute atomic E-state index is 0.000285. The molecule has 0 bridgehead atoms. The molecule has 1 amide bonds. The molecule has 7 nitrogen and oxygen atoms in total. The Morgan fingerprint density at radius 3 is 2.87 bits per heavy atom. The number of aromatic nitrogens is 2. The Morgan fingerprint density at radius 2 is 2.10 bits per heavy atom. The van der Waals surface area contributed by atoms with Crippen molar-refractivity contribution in [3.63, 3.8) is 0 Å². The van der Waals surface area contributed by atoms with Crippen LogP contribution in [0, 0.1) is 5.82 Å². The van der Waals surface area contributed by atoms with Crippen molar-refractivity contribution in [2.75, 3.05) is 33.4 Å². The SMILES string of the molecule is COCCC(=O)N1CCc2nc([C@@H]3CCCN(Cc4ccc(F)cc4)C3)[nH]c(=O)c2C1. The number of methoxy groups -OCH3 is 1. The molecule has 1 N–H and O–H groups in total. The smallest absolute Gasteiger partial charge is 0.256 e. The molecule has 3 heterocycles. The summed E-state index contributed by atoms with van der Waals surface area (Å²) in [6.07, 6.45) is 2.91. The molecule has 4 rings (SSSR count). The number of halogens is 1. The van der Waals surface area contributed by atoms with E-state index < -0.39 is 0 Å². The summed E-state index contributed by atoms with van der Waals surface area (Å²) in [6, 6.07) is 6.61. The first-order chi connectivity index (χ1) is 15.0. The molecule has 0 aliphatic carbocycles. The fraction of sp³-hybridized carbons (Fsp3) is 0.522. The van der Waals surface area contributed by atoms with E-state index in [0.717, 1.165) is 49.6 Å². The summed E-state index contributed by atoms with van der Waals surface area (Å²) in [7, 11) is 1.57. The van der Waals surface area contributed by atoms with Crippen molar-refractivity contribution < 1.29 is 13.9 Å². The van der Waals surface area contributed by atoms with Gasteiger partial charge in [-0.3, -0.25) is 14.5 Å². The van der Waals surface area contributed by atoms with Gasteiger partial charge in [-0.1, -0.05) is 12.1 Å². The van der Waals surface area contributed by atoms with Crippen LogP contribution in [-0.4, -0.2) is 59.0 Å². The molecule has 1 atom stereocenters. The maximum atomic E-state index is 13.2. The second kappa shape index (κ2) is 9.70. The van der Waals surface area contributed by atoms with Crippen LogP contribution in [0.25, 0.3) is 0 Å². The van der Waals surface area contributed by atoms with Gasteiger partial charge in [-0.15, -0.1) is 0 Å². The molecule has 0 unspecified atom stereocenters. The fourth-order valence-electron chi connectivity index (χ4n) is 4.47. The van der Waals surface area contributed by atoms with Crippen LogP contribution in [0.15, 0.2) is 29.1 Å². The predicted octanol–water partition coefficient (Wildman–Crippen LogP) is 2.21. The second-order valence-corrected chi connectivity index (χ2v) is 8.39. The molecule has 2 aliphatic rings. The fourth-order valence-corrected chi connectivity index (χ4v) is 4.47. The molecule has 8 heteroatoms. The number of amides is 1. The van der Waals surface area contributed by atoms with Crippen molar-refractivity contribution in [1.29, 1.82) is 0 Å². The van der Waals surface area contributed by atoms with E-state index in [1.165, 1.54) is 12.1 Å². The number of nitrogens with zero attached hydrogens (tertiary/aromatic N) is 3. The van der Waals surface area contributed by atoms with Gasteiger partial charge in [-0.2, -0.15) is 0 Å². The highest BCUT2D eigenvalue weighted by molar-refractivity contribution is 5.76. The number of rotatable bonds is 6. The van der Waals surface area contributed by atoms with Crippen molar-refractivity contribution in [1.82, 2.24) is 19.8 Å². The number of likely N-dealkylation sites (tertiary alicyclic amines) is 1. The number of fused-ring (bicyclic) bond motifs is 1. The van der Waals surface area contributed by atoms with Crippen molar-refractivity contribution >= 4 is 5.91 Å². The van der Waals surface area contributed by atoms with Crippen LogP contribution in [0.3, 0.4) is 0 Å². The van der Waals surface area contributed by atoms with E-state index >= 15 is 0 Å². The number of piperidine rings is 1. The van der Waals surface area contributed by atoms with Crippen molar-refractivity contribution in [3.8, 4) is 0 Å². The number of hydrogen-bond donors (Lipinski definition) is 1. The molecule has 2 aliphatic heterocycles. The van der Waals surface area contributed by atoms with E-state index in [1.54, 1.807) is 12.0 Å². The summed E-state index contributed by atoms with van der Waals surface area (Å²) in [5.74, 6) is 0.676. The maximum Gasteiger partial charge on any atom is 0.256 e.